The van der Waals surface area contributed by atoms with E-state index in [2.05, 4.69) is 98.5 Å². The van der Waals surface area contributed by atoms with Crippen molar-refractivity contribution in [2.75, 3.05) is 77.9 Å². The molecule has 4 N–H and O–H groups in total. The number of methoxy groups -OCH3 is 4. The quantitative estimate of drug-likeness (QED) is 0.0513. The molecule has 480 valence electrons. The van der Waals surface area contributed by atoms with Gasteiger partial charge in [-0.1, -0.05) is 47.4 Å². The van der Waals surface area contributed by atoms with E-state index < -0.39 is 23.8 Å². The van der Waals surface area contributed by atoms with Crippen LogP contribution in [0.4, 0.5) is 40.8 Å². The van der Waals surface area contributed by atoms with Crippen molar-refractivity contribution in [3.8, 4) is 70.4 Å². The number of hydrogen-bond acceptors (Lipinski definition) is 18. The van der Waals surface area contributed by atoms with Gasteiger partial charge in [-0.15, -0.1) is 22.7 Å². The number of hydrogen-bond donors (Lipinski definition) is 4. The maximum absolute atomic E-state index is 13.7. The van der Waals surface area contributed by atoms with E-state index in [-0.39, 0.29) is 22.3 Å². The van der Waals surface area contributed by atoms with Gasteiger partial charge in [-0.05, 0) is 182 Å². The third kappa shape index (κ3) is 18.9. The maximum Gasteiger partial charge on any atom is 0.230 e. The summed E-state index contributed by atoms with van der Waals surface area (Å²) in [5.74, 6) is 26.1. The second-order valence-corrected chi connectivity index (χ2v) is 21.6. The number of fused-ring (bicyclic) bond motifs is 4. The van der Waals surface area contributed by atoms with E-state index in [1.807, 2.05) is 84.9 Å². The first-order valence-corrected chi connectivity index (χ1v) is 30.5. The average molecular weight is 1320 g/mol. The predicted molar refractivity (Wildman–Crippen MR) is 376 cm³/mol. The van der Waals surface area contributed by atoms with Gasteiger partial charge in [0.15, 0.2) is 0 Å². The maximum atomic E-state index is 13.7. The molecule has 0 aliphatic carbocycles. The highest BCUT2D eigenvalue weighted by atomic mass is 32.1. The second-order valence-electron chi connectivity index (χ2n) is 19.4. The Morgan fingerprint density at radius 2 is 0.667 bits per heavy atom. The van der Waals surface area contributed by atoms with Gasteiger partial charge >= 0.3 is 0 Å². The van der Waals surface area contributed by atoms with Crippen molar-refractivity contribution in [1.29, 1.82) is 0 Å². The number of ether oxygens (including phenoxy) is 4. The molecule has 0 aliphatic rings. The smallest absolute Gasteiger partial charge is 0.230 e. The Labute approximate surface area is 558 Å². The molecular formula is C74H58F4N10O6S2. The van der Waals surface area contributed by atoms with Crippen LogP contribution in [0.3, 0.4) is 0 Å². The Bertz CT molecular complexity index is 4510. The molecule has 0 aliphatic heterocycles. The molecule has 0 radical (unpaired) electrons. The lowest BCUT2D eigenvalue weighted by Gasteiger charge is -1.98. The third-order valence-corrected chi connectivity index (χ3v) is 15.2. The van der Waals surface area contributed by atoms with E-state index in [4.69, 9.17) is 27.8 Å². The zero-order valence-corrected chi connectivity index (χ0v) is 54.4. The van der Waals surface area contributed by atoms with E-state index in [0.29, 0.717) is 34.8 Å². The summed E-state index contributed by atoms with van der Waals surface area (Å²) in [6, 6.07) is 39.5. The lowest BCUT2D eigenvalue weighted by atomic mass is 10.2. The van der Waals surface area contributed by atoms with Crippen LogP contribution in [0.1, 0.15) is 43.8 Å². The number of aromatic nitrogens is 6. The summed E-state index contributed by atoms with van der Waals surface area (Å²) in [7, 11) is 13.2. The molecule has 8 aromatic heterocycles. The number of anilines is 4. The van der Waals surface area contributed by atoms with Gasteiger partial charge in [0.05, 0.1) is 71.1 Å². The first kappa shape index (κ1) is 68.0. The van der Waals surface area contributed by atoms with Crippen LogP contribution < -0.4 is 40.2 Å². The Balaban J connectivity index is 0.000000150. The minimum atomic E-state index is -0.599. The zero-order chi connectivity index (χ0) is 67.8. The molecule has 0 atom stereocenters. The first-order valence-electron chi connectivity index (χ1n) is 28.9. The molecule has 0 bridgehead atoms. The van der Waals surface area contributed by atoms with Gasteiger partial charge < -0.3 is 49.0 Å². The molecule has 16 nitrogen and oxygen atoms in total. The minimum absolute atomic E-state index is 0.244. The number of thiazole rings is 2. The van der Waals surface area contributed by atoms with Crippen molar-refractivity contribution in [2.24, 2.45) is 0 Å². The normalized spacial score (nSPS) is 10.6. The standard InChI is InChI=1S/2C19H15FN2O2.2C18H14FN3OS/c2*1-21-18-10-7-13(19(20)22-18)5-3-4-6-16-12-14-11-15(23-2)8-9-17(14)24-16;2*1-20-16-10-7-12(18(19)22-16)5-3-4-6-17-21-14-9-8-13(23-2)11-15(14)24-17/h2*4,6-12H,1-2H3,(H,21,22);2*4,6-11H,1-2H3,(H,20,22)/b4*6-4+. The van der Waals surface area contributed by atoms with E-state index in [1.54, 1.807) is 176 Å². The van der Waals surface area contributed by atoms with Crippen molar-refractivity contribution in [3.63, 3.8) is 0 Å². The number of benzene rings is 4. The largest absolute Gasteiger partial charge is 0.497 e. The lowest BCUT2D eigenvalue weighted by Crippen LogP contribution is -1.96. The van der Waals surface area contributed by atoms with Crippen molar-refractivity contribution >= 4 is 113 Å². The van der Waals surface area contributed by atoms with E-state index >= 15 is 0 Å². The van der Waals surface area contributed by atoms with Crippen LogP contribution in [0.25, 0.3) is 66.7 Å². The van der Waals surface area contributed by atoms with E-state index in [1.165, 1.54) is 0 Å². The topological polar surface area (TPSA) is 189 Å². The Hall–Kier alpha value is -12.3. The van der Waals surface area contributed by atoms with Gasteiger partial charge in [0.25, 0.3) is 0 Å². The molecule has 0 saturated heterocycles. The van der Waals surface area contributed by atoms with Crippen molar-refractivity contribution in [3.05, 3.63) is 225 Å². The SMILES string of the molecule is CNc1ccc(C#C/C=C/c2cc3cc(OC)ccc3o2)c(F)n1.CNc1ccc(C#C/C=C/c2cc3cc(OC)ccc3o2)c(F)n1.CNc1ccc(C#C/C=C/c2nc3ccc(OC)cc3s2)c(F)n1.CNc1ccc(C#C/C=C/c2nc3ccc(OC)cc3s2)c(F)n1. The molecule has 96 heavy (non-hydrogen) atoms. The Morgan fingerprint density at radius 3 is 0.969 bits per heavy atom. The number of rotatable bonds is 12. The summed E-state index contributed by atoms with van der Waals surface area (Å²) < 4.78 is 89.0. The predicted octanol–water partition coefficient (Wildman–Crippen LogP) is 16.1. The van der Waals surface area contributed by atoms with Crippen molar-refractivity contribution in [2.45, 2.75) is 0 Å². The highest BCUT2D eigenvalue weighted by Crippen LogP contribution is 2.30. The van der Waals surface area contributed by atoms with Gasteiger partial charge in [0.2, 0.25) is 23.8 Å². The van der Waals surface area contributed by atoms with Crippen LogP contribution in [0.2, 0.25) is 0 Å². The summed E-state index contributed by atoms with van der Waals surface area (Å²) in [5.41, 5.74) is 4.35. The average Bonchev–Trinajstić information content (AvgIpc) is 1.73. The molecule has 12 rings (SSSR count). The van der Waals surface area contributed by atoms with Gasteiger partial charge in [0.1, 0.15) is 79.0 Å². The number of halogens is 4. The number of pyridine rings is 4. The van der Waals surface area contributed by atoms with Gasteiger partial charge in [-0.2, -0.15) is 17.6 Å². The van der Waals surface area contributed by atoms with Crippen LogP contribution in [-0.2, 0) is 0 Å². The van der Waals surface area contributed by atoms with Crippen molar-refractivity contribution < 1.29 is 45.3 Å². The molecule has 4 aromatic carbocycles. The molecule has 12 aromatic rings. The van der Waals surface area contributed by atoms with Gasteiger partial charge in [0, 0.05) is 39.0 Å². The fraction of sp³-hybridized carbons (Fsp3) is 0.108. The summed E-state index contributed by atoms with van der Waals surface area (Å²) in [6.07, 6.45) is 13.6. The molecule has 0 spiro atoms. The van der Waals surface area contributed by atoms with Crippen LogP contribution in [0.15, 0.2) is 167 Å². The van der Waals surface area contributed by atoms with Crippen LogP contribution in [0, 0.1) is 71.2 Å². The van der Waals surface area contributed by atoms with Crippen molar-refractivity contribution in [1.82, 2.24) is 29.9 Å². The Kier molecular flexibility index (Phi) is 24.0. The summed E-state index contributed by atoms with van der Waals surface area (Å²) in [5, 5.41) is 14.6. The van der Waals surface area contributed by atoms with Crippen LogP contribution >= 0.6 is 22.7 Å². The minimum Gasteiger partial charge on any atom is -0.497 e. The highest BCUT2D eigenvalue weighted by molar-refractivity contribution is 7.19. The molecular weight excluding hydrogens is 1270 g/mol. The summed E-state index contributed by atoms with van der Waals surface area (Å²) in [4.78, 5) is 23.9. The molecule has 0 fully saturated rings. The number of nitrogens with one attached hydrogen (secondary N) is 4. The highest BCUT2D eigenvalue weighted by Gasteiger charge is 2.09. The molecule has 22 heteroatoms. The van der Waals surface area contributed by atoms with Crippen LogP contribution in [0.5, 0.6) is 23.0 Å². The number of allylic oxidation sites excluding steroid dienone is 4. The lowest BCUT2D eigenvalue weighted by molar-refractivity contribution is 0.415. The van der Waals surface area contributed by atoms with E-state index in [9.17, 15) is 17.6 Å². The second kappa shape index (κ2) is 33.8. The fourth-order valence-corrected chi connectivity index (χ4v) is 10.2. The van der Waals surface area contributed by atoms with Gasteiger partial charge in [-0.25, -0.2) is 29.9 Å². The molecule has 8 heterocycles. The number of furan rings is 2. The molecule has 0 saturated carbocycles. The number of nitrogens with zero attached hydrogens (tertiary/aromatic N) is 6. The first-order chi connectivity index (χ1) is 46.8. The van der Waals surface area contributed by atoms with Crippen LogP contribution in [-0.4, -0.2) is 86.5 Å². The summed E-state index contributed by atoms with van der Waals surface area (Å²) in [6.45, 7) is 0. The molecule has 0 unspecified atom stereocenters. The van der Waals surface area contributed by atoms with E-state index in [0.717, 1.165) is 75.4 Å². The summed E-state index contributed by atoms with van der Waals surface area (Å²) >= 11 is 3.08. The Morgan fingerprint density at radius 1 is 0.365 bits per heavy atom. The molecule has 0 amide bonds. The van der Waals surface area contributed by atoms with Gasteiger partial charge in [-0.3, -0.25) is 0 Å². The fourth-order valence-electron chi connectivity index (χ4n) is 8.36. The third-order valence-electron chi connectivity index (χ3n) is 13.2. The zero-order valence-electron chi connectivity index (χ0n) is 52.8. The monoisotopic (exact) mass is 1320 g/mol.